The minimum atomic E-state index is -4.50. The van der Waals surface area contributed by atoms with Crippen LogP contribution in [0.15, 0.2) is 97.6 Å². The number of imidazole rings is 1. The molecule has 1 aliphatic heterocycles. The maximum absolute atomic E-state index is 14.0. The Morgan fingerprint density at radius 2 is 1.69 bits per heavy atom. The van der Waals surface area contributed by atoms with Crippen LogP contribution in [0.3, 0.4) is 0 Å². The third kappa shape index (κ3) is 8.75. The number of anilines is 1. The van der Waals surface area contributed by atoms with E-state index in [9.17, 15) is 32.7 Å². The highest BCUT2D eigenvalue weighted by Gasteiger charge is 2.46. The van der Waals surface area contributed by atoms with Gasteiger partial charge in [-0.2, -0.15) is 18.3 Å². The van der Waals surface area contributed by atoms with Crippen molar-refractivity contribution in [1.82, 2.24) is 24.6 Å². The highest BCUT2D eigenvalue weighted by Crippen LogP contribution is 2.46. The Kier molecular flexibility index (Phi) is 11.2. The Hall–Kier alpha value is -4.90. The number of rotatable bonds is 14. The molecule has 4 N–H and O–H groups in total. The first-order chi connectivity index (χ1) is 24.9. The number of aliphatic hydroxyl groups excluding tert-OH is 2. The van der Waals surface area contributed by atoms with E-state index in [1.54, 1.807) is 42.5 Å². The van der Waals surface area contributed by atoms with E-state index in [-0.39, 0.29) is 35.9 Å². The number of nitrogens with zero attached hydrogens (tertiary/aromatic N) is 4. The zero-order chi connectivity index (χ0) is 36.9. The lowest BCUT2D eigenvalue weighted by molar-refractivity contribution is -0.146. The maximum atomic E-state index is 14.0. The summed E-state index contributed by atoms with van der Waals surface area (Å²) in [6, 6.07) is 20.8. The standard InChI is InChI=1S/C34H34F3N6O8P/c1-21(33(46)48-17-22-9-4-2-5-10-22)42-52(47,51-25-13-6-3-7-14-25)49-18-26-28(44)29(45)32(50-26)43-20-41-27-30(39-19-40-31(27)43)38-16-23-11-8-12-24(15-23)34(35,36)37/h2-15,19-21,26,28-29,32,44-45H,16-18H2,1H3,(H,42,47)(H,38,39,40)/t21-,26+,28+,29+,32+,52?/m0/s1. The van der Waals surface area contributed by atoms with Gasteiger partial charge >= 0.3 is 19.9 Å². The number of para-hydroxylation sites is 1. The second-order valence-corrected chi connectivity index (χ2v) is 13.5. The van der Waals surface area contributed by atoms with Crippen molar-refractivity contribution in [2.45, 2.75) is 56.8 Å². The van der Waals surface area contributed by atoms with E-state index in [0.29, 0.717) is 5.56 Å². The van der Waals surface area contributed by atoms with E-state index >= 15 is 0 Å². The minimum absolute atomic E-state index is 0.00785. The molecule has 274 valence electrons. The lowest BCUT2D eigenvalue weighted by atomic mass is 10.1. The lowest BCUT2D eigenvalue weighted by Gasteiger charge is -2.24. The third-order valence-electron chi connectivity index (χ3n) is 7.99. The van der Waals surface area contributed by atoms with Gasteiger partial charge in [0.15, 0.2) is 23.2 Å². The summed E-state index contributed by atoms with van der Waals surface area (Å²) in [5.41, 5.74) is 0.716. The van der Waals surface area contributed by atoms with Crippen molar-refractivity contribution in [3.05, 3.63) is 114 Å². The van der Waals surface area contributed by atoms with Gasteiger partial charge in [0.2, 0.25) is 0 Å². The molecule has 6 atom stereocenters. The van der Waals surface area contributed by atoms with Gasteiger partial charge < -0.3 is 29.5 Å². The zero-order valence-electron chi connectivity index (χ0n) is 27.5. The van der Waals surface area contributed by atoms with Gasteiger partial charge in [-0.3, -0.25) is 13.9 Å². The van der Waals surface area contributed by atoms with Crippen LogP contribution >= 0.6 is 7.75 Å². The number of hydrogen-bond donors (Lipinski definition) is 4. The predicted molar refractivity (Wildman–Crippen MR) is 179 cm³/mol. The van der Waals surface area contributed by atoms with Crippen molar-refractivity contribution < 1.29 is 51.3 Å². The summed E-state index contributed by atoms with van der Waals surface area (Å²) in [6.45, 7) is 0.848. The largest absolute Gasteiger partial charge is 0.460 e. The minimum Gasteiger partial charge on any atom is -0.460 e. The summed E-state index contributed by atoms with van der Waals surface area (Å²) in [7, 11) is -4.35. The van der Waals surface area contributed by atoms with Gasteiger partial charge in [-0.05, 0) is 42.3 Å². The number of ether oxygens (including phenoxy) is 2. The second kappa shape index (κ2) is 15.8. The van der Waals surface area contributed by atoms with Gasteiger partial charge in [-0.25, -0.2) is 19.5 Å². The van der Waals surface area contributed by atoms with Gasteiger partial charge in [0, 0.05) is 6.54 Å². The molecule has 1 unspecified atom stereocenters. The topological polar surface area (TPSA) is 179 Å². The number of benzene rings is 3. The molecule has 1 saturated heterocycles. The summed E-state index contributed by atoms with van der Waals surface area (Å²) in [5, 5.41) is 27.5. The molecule has 3 heterocycles. The quantitative estimate of drug-likeness (QED) is 0.0883. The number of nitrogens with one attached hydrogen (secondary N) is 2. The molecule has 52 heavy (non-hydrogen) atoms. The van der Waals surface area contributed by atoms with Crippen LogP contribution in [-0.2, 0) is 42.7 Å². The van der Waals surface area contributed by atoms with Gasteiger partial charge in [0.05, 0.1) is 18.5 Å². The molecule has 1 fully saturated rings. The first-order valence-electron chi connectivity index (χ1n) is 16.0. The number of hydrogen-bond acceptors (Lipinski definition) is 12. The number of aliphatic hydroxyl groups is 2. The molecule has 0 bridgehead atoms. The Morgan fingerprint density at radius 3 is 2.42 bits per heavy atom. The molecule has 0 amide bonds. The number of alkyl halides is 3. The molecule has 1 aliphatic rings. The van der Waals surface area contributed by atoms with Gasteiger partial charge in [0.1, 0.15) is 43.0 Å². The molecule has 0 spiro atoms. The van der Waals surface area contributed by atoms with Crippen LogP contribution < -0.4 is 14.9 Å². The van der Waals surface area contributed by atoms with Crippen LogP contribution in [0.2, 0.25) is 0 Å². The van der Waals surface area contributed by atoms with Crippen LogP contribution in [0.5, 0.6) is 5.75 Å². The molecular weight excluding hydrogens is 708 g/mol. The maximum Gasteiger partial charge on any atom is 0.459 e. The number of esters is 1. The SMILES string of the molecule is C[C@H](NP(=O)(OC[C@H]1O[C@@H](n2cnc3c(NCc4cccc(C(F)(F)F)c4)ncnc32)[C@H](O)[C@@H]1O)Oc1ccccc1)C(=O)OCc1ccccc1. The summed E-state index contributed by atoms with van der Waals surface area (Å²) in [5.74, 6) is -0.360. The summed E-state index contributed by atoms with van der Waals surface area (Å²) < 4.78 is 77.6. The Morgan fingerprint density at radius 1 is 0.981 bits per heavy atom. The zero-order valence-corrected chi connectivity index (χ0v) is 28.4. The van der Waals surface area contributed by atoms with E-state index in [1.807, 2.05) is 6.07 Å². The van der Waals surface area contributed by atoms with Crippen molar-refractivity contribution >= 4 is 30.7 Å². The number of carbonyl (C=O) groups excluding carboxylic acids is 1. The fraction of sp³-hybridized carbons (Fsp3) is 0.294. The fourth-order valence-electron chi connectivity index (χ4n) is 5.33. The van der Waals surface area contributed by atoms with Crippen LogP contribution in [-0.4, -0.2) is 66.7 Å². The van der Waals surface area contributed by atoms with Crippen molar-refractivity contribution in [3.63, 3.8) is 0 Å². The molecule has 0 saturated carbocycles. The number of fused-ring (bicyclic) bond motifs is 1. The second-order valence-electron chi connectivity index (χ2n) is 11.8. The molecule has 3 aromatic carbocycles. The van der Waals surface area contributed by atoms with Crippen molar-refractivity contribution in [2.24, 2.45) is 0 Å². The number of halogens is 3. The molecule has 2 aromatic heterocycles. The van der Waals surface area contributed by atoms with Crippen molar-refractivity contribution in [2.75, 3.05) is 11.9 Å². The summed E-state index contributed by atoms with van der Waals surface area (Å²) in [6.07, 6.45) is -7.56. The van der Waals surface area contributed by atoms with Crippen molar-refractivity contribution in [3.8, 4) is 5.75 Å². The average Bonchev–Trinajstić information content (AvgIpc) is 3.69. The van der Waals surface area contributed by atoms with Crippen molar-refractivity contribution in [1.29, 1.82) is 0 Å². The average molecular weight is 743 g/mol. The molecule has 0 aliphatic carbocycles. The van der Waals surface area contributed by atoms with E-state index in [1.165, 1.54) is 48.4 Å². The summed E-state index contributed by atoms with van der Waals surface area (Å²) in [4.78, 5) is 25.5. The monoisotopic (exact) mass is 742 g/mol. The van der Waals surface area contributed by atoms with E-state index in [2.05, 4.69) is 25.4 Å². The predicted octanol–water partition coefficient (Wildman–Crippen LogP) is 5.00. The molecule has 18 heteroatoms. The Bertz CT molecular complexity index is 2020. The van der Waals surface area contributed by atoms with Crippen LogP contribution in [0.4, 0.5) is 19.0 Å². The van der Waals surface area contributed by atoms with Gasteiger partial charge in [0.25, 0.3) is 0 Å². The fourth-order valence-corrected chi connectivity index (χ4v) is 6.83. The van der Waals surface area contributed by atoms with Crippen LogP contribution in [0.1, 0.15) is 29.8 Å². The Labute approximate surface area is 295 Å². The van der Waals surface area contributed by atoms with E-state index < -0.39 is 62.6 Å². The Balaban J connectivity index is 1.13. The highest BCUT2D eigenvalue weighted by atomic mass is 31.2. The van der Waals surface area contributed by atoms with Crippen LogP contribution in [0, 0.1) is 0 Å². The number of carbonyl (C=O) groups is 1. The molecule has 0 radical (unpaired) electrons. The molecule has 14 nitrogen and oxygen atoms in total. The van der Waals surface area contributed by atoms with E-state index in [4.69, 9.17) is 18.5 Å². The lowest BCUT2D eigenvalue weighted by Crippen LogP contribution is -2.37. The highest BCUT2D eigenvalue weighted by molar-refractivity contribution is 7.52. The molecular formula is C34H34F3N6O8P. The first kappa shape index (κ1) is 36.9. The smallest absolute Gasteiger partial charge is 0.459 e. The van der Waals surface area contributed by atoms with Gasteiger partial charge in [-0.1, -0.05) is 60.7 Å². The van der Waals surface area contributed by atoms with Gasteiger partial charge in [-0.15, -0.1) is 0 Å². The molecule has 6 rings (SSSR count). The van der Waals surface area contributed by atoms with Crippen LogP contribution in [0.25, 0.3) is 11.2 Å². The van der Waals surface area contributed by atoms with E-state index in [0.717, 1.165) is 17.7 Å². The molecule has 5 aromatic rings. The first-order valence-corrected chi connectivity index (χ1v) is 17.5. The number of aromatic nitrogens is 4. The third-order valence-corrected chi connectivity index (χ3v) is 9.63. The summed E-state index contributed by atoms with van der Waals surface area (Å²) >= 11 is 0. The normalized spacial score (nSPS) is 20.7.